The minimum Gasteiger partial charge on any atom is -0.488 e. The van der Waals surface area contributed by atoms with E-state index in [-0.39, 0.29) is 12.4 Å². The maximum absolute atomic E-state index is 14.0. The summed E-state index contributed by atoms with van der Waals surface area (Å²) in [7, 11) is 0. The van der Waals surface area contributed by atoms with Crippen molar-refractivity contribution in [2.45, 2.75) is 20.1 Å². The lowest BCUT2D eigenvalue weighted by Gasteiger charge is -2.16. The van der Waals surface area contributed by atoms with Gasteiger partial charge in [-0.15, -0.1) is 0 Å². The molecular weight excluding hydrogens is 349 g/mol. The first kappa shape index (κ1) is 18.1. The molecule has 3 heteroatoms. The van der Waals surface area contributed by atoms with Crippen LogP contribution in [0.15, 0.2) is 84.9 Å². The van der Waals surface area contributed by atoms with Gasteiger partial charge in [-0.25, -0.2) is 4.39 Å². The third-order valence-electron chi connectivity index (χ3n) is 4.86. The molecule has 0 spiro atoms. The smallest absolute Gasteiger partial charge is 0.129 e. The van der Waals surface area contributed by atoms with Gasteiger partial charge in [0.1, 0.15) is 18.2 Å². The van der Waals surface area contributed by atoms with E-state index >= 15 is 0 Å². The number of halogens is 1. The van der Waals surface area contributed by atoms with Crippen molar-refractivity contribution in [1.29, 1.82) is 0 Å². The van der Waals surface area contributed by atoms with Crippen LogP contribution in [0.3, 0.4) is 0 Å². The van der Waals surface area contributed by atoms with Crippen LogP contribution in [0.4, 0.5) is 10.1 Å². The molecule has 4 aromatic carbocycles. The largest absolute Gasteiger partial charge is 0.488 e. The van der Waals surface area contributed by atoms with Crippen molar-refractivity contribution in [3.8, 4) is 5.75 Å². The summed E-state index contributed by atoms with van der Waals surface area (Å²) < 4.78 is 20.0. The van der Waals surface area contributed by atoms with Gasteiger partial charge in [-0.1, -0.05) is 66.2 Å². The molecule has 0 aliphatic heterocycles. The molecule has 0 atom stereocenters. The number of anilines is 1. The van der Waals surface area contributed by atoms with Crippen LogP contribution in [-0.4, -0.2) is 0 Å². The number of benzene rings is 4. The van der Waals surface area contributed by atoms with E-state index < -0.39 is 0 Å². The predicted molar refractivity (Wildman–Crippen MR) is 113 cm³/mol. The fourth-order valence-electron chi connectivity index (χ4n) is 3.27. The number of aryl methyl sites for hydroxylation is 1. The molecule has 140 valence electrons. The molecule has 1 N–H and O–H groups in total. The van der Waals surface area contributed by atoms with E-state index in [0.717, 1.165) is 27.8 Å². The Morgan fingerprint density at radius 2 is 1.57 bits per heavy atom. The van der Waals surface area contributed by atoms with Crippen molar-refractivity contribution in [2.24, 2.45) is 0 Å². The average molecular weight is 371 g/mol. The molecule has 0 amide bonds. The second-order valence-electron chi connectivity index (χ2n) is 6.86. The molecule has 0 aliphatic rings. The molecule has 0 radical (unpaired) electrons. The second-order valence-corrected chi connectivity index (χ2v) is 6.86. The van der Waals surface area contributed by atoms with Gasteiger partial charge in [0.05, 0.1) is 0 Å². The molecule has 0 aromatic heterocycles. The van der Waals surface area contributed by atoms with Crippen molar-refractivity contribution >= 4 is 16.5 Å². The van der Waals surface area contributed by atoms with Gasteiger partial charge in [-0.3, -0.25) is 0 Å². The molecule has 4 rings (SSSR count). The first-order chi connectivity index (χ1) is 13.7. The van der Waals surface area contributed by atoms with Gasteiger partial charge < -0.3 is 10.1 Å². The summed E-state index contributed by atoms with van der Waals surface area (Å²) in [6.45, 7) is 2.89. The van der Waals surface area contributed by atoms with Crippen LogP contribution in [0.5, 0.6) is 5.75 Å². The molecule has 4 aromatic rings. The number of ether oxygens (including phenoxy) is 1. The standard InChI is InChI=1S/C25H22FNO/c1-18-10-13-21(14-11-18)27-16-23-22-8-4-2-6-19(22)12-15-25(23)28-17-20-7-3-5-9-24(20)26/h2-15,27H,16-17H2,1H3. The Kier molecular flexibility index (Phi) is 5.24. The van der Waals surface area contributed by atoms with Crippen molar-refractivity contribution in [1.82, 2.24) is 0 Å². The fourth-order valence-corrected chi connectivity index (χ4v) is 3.27. The van der Waals surface area contributed by atoms with Gasteiger partial charge in [-0.2, -0.15) is 0 Å². The first-order valence-corrected chi connectivity index (χ1v) is 9.38. The molecule has 0 heterocycles. The second kappa shape index (κ2) is 8.13. The van der Waals surface area contributed by atoms with E-state index in [1.807, 2.05) is 30.3 Å². The third-order valence-corrected chi connectivity index (χ3v) is 4.86. The van der Waals surface area contributed by atoms with Crippen molar-refractivity contribution < 1.29 is 9.13 Å². The fraction of sp³-hybridized carbons (Fsp3) is 0.120. The molecule has 0 saturated carbocycles. The zero-order valence-electron chi connectivity index (χ0n) is 15.8. The molecule has 28 heavy (non-hydrogen) atoms. The summed E-state index contributed by atoms with van der Waals surface area (Å²) in [5.41, 5.74) is 3.89. The summed E-state index contributed by atoms with van der Waals surface area (Å²) in [5, 5.41) is 5.76. The van der Waals surface area contributed by atoms with Gasteiger partial charge in [0.2, 0.25) is 0 Å². The predicted octanol–water partition coefficient (Wildman–Crippen LogP) is 6.48. The third kappa shape index (κ3) is 3.99. The Bertz CT molecular complexity index is 1090. The van der Waals surface area contributed by atoms with Crippen molar-refractivity contribution in [3.63, 3.8) is 0 Å². The zero-order valence-corrected chi connectivity index (χ0v) is 15.8. The number of fused-ring (bicyclic) bond motifs is 1. The summed E-state index contributed by atoms with van der Waals surface area (Å²) in [4.78, 5) is 0. The quantitative estimate of drug-likeness (QED) is 0.419. The Morgan fingerprint density at radius 3 is 2.39 bits per heavy atom. The van der Waals surface area contributed by atoms with Gasteiger partial charge in [-0.05, 0) is 42.0 Å². The van der Waals surface area contributed by atoms with E-state index in [0.29, 0.717) is 12.1 Å². The summed E-state index contributed by atoms with van der Waals surface area (Å²) >= 11 is 0. The van der Waals surface area contributed by atoms with Crippen LogP contribution in [0.25, 0.3) is 10.8 Å². The van der Waals surface area contributed by atoms with Crippen LogP contribution in [-0.2, 0) is 13.2 Å². The molecule has 0 fully saturated rings. The SMILES string of the molecule is Cc1ccc(NCc2c(OCc3ccccc3F)ccc3ccccc23)cc1. The Balaban J connectivity index is 1.62. The lowest BCUT2D eigenvalue weighted by atomic mass is 10.0. The van der Waals surface area contributed by atoms with Crippen LogP contribution in [0.1, 0.15) is 16.7 Å². The molecule has 0 bridgehead atoms. The first-order valence-electron chi connectivity index (χ1n) is 9.38. The van der Waals surface area contributed by atoms with E-state index in [1.165, 1.54) is 11.6 Å². The van der Waals surface area contributed by atoms with Gasteiger partial charge >= 0.3 is 0 Å². The number of rotatable bonds is 6. The maximum atomic E-state index is 14.0. The number of nitrogens with one attached hydrogen (secondary N) is 1. The van der Waals surface area contributed by atoms with Crippen molar-refractivity contribution in [3.05, 3.63) is 107 Å². The highest BCUT2D eigenvalue weighted by Gasteiger charge is 2.10. The van der Waals surface area contributed by atoms with Crippen molar-refractivity contribution in [2.75, 3.05) is 5.32 Å². The monoisotopic (exact) mass is 371 g/mol. The molecule has 0 saturated heterocycles. The van der Waals surface area contributed by atoms with Gasteiger partial charge in [0.25, 0.3) is 0 Å². The van der Waals surface area contributed by atoms with E-state index in [1.54, 1.807) is 12.1 Å². The normalized spacial score (nSPS) is 10.8. The summed E-state index contributed by atoms with van der Waals surface area (Å²) in [6, 6.07) is 27.3. The minimum absolute atomic E-state index is 0.197. The molecular formula is C25H22FNO. The Hall–Kier alpha value is -3.33. The lowest BCUT2D eigenvalue weighted by Crippen LogP contribution is -2.05. The molecule has 0 aliphatic carbocycles. The highest BCUT2D eigenvalue weighted by molar-refractivity contribution is 5.88. The summed E-state index contributed by atoms with van der Waals surface area (Å²) in [6.07, 6.45) is 0. The molecule has 2 nitrogen and oxygen atoms in total. The van der Waals surface area contributed by atoms with Crippen LogP contribution < -0.4 is 10.1 Å². The zero-order chi connectivity index (χ0) is 19.3. The van der Waals surface area contributed by atoms with Gasteiger partial charge in [0.15, 0.2) is 0 Å². The highest BCUT2D eigenvalue weighted by atomic mass is 19.1. The van der Waals surface area contributed by atoms with E-state index in [4.69, 9.17) is 4.74 Å². The molecule has 0 unspecified atom stereocenters. The van der Waals surface area contributed by atoms with E-state index in [9.17, 15) is 4.39 Å². The average Bonchev–Trinajstić information content (AvgIpc) is 2.73. The number of hydrogen-bond donors (Lipinski definition) is 1. The Labute approximate surface area is 164 Å². The lowest BCUT2D eigenvalue weighted by molar-refractivity contribution is 0.297. The minimum atomic E-state index is -0.248. The van der Waals surface area contributed by atoms with Crippen LogP contribution in [0, 0.1) is 12.7 Å². The highest BCUT2D eigenvalue weighted by Crippen LogP contribution is 2.30. The summed E-state index contributed by atoms with van der Waals surface area (Å²) in [5.74, 6) is 0.518. The van der Waals surface area contributed by atoms with E-state index in [2.05, 4.69) is 48.6 Å². The van der Waals surface area contributed by atoms with Crippen LogP contribution in [0.2, 0.25) is 0 Å². The Morgan fingerprint density at radius 1 is 0.821 bits per heavy atom. The maximum Gasteiger partial charge on any atom is 0.129 e. The van der Waals surface area contributed by atoms with Gasteiger partial charge in [0, 0.05) is 23.4 Å². The number of hydrogen-bond acceptors (Lipinski definition) is 2. The topological polar surface area (TPSA) is 21.3 Å². The van der Waals surface area contributed by atoms with Crippen LogP contribution >= 0.6 is 0 Å².